The lowest BCUT2D eigenvalue weighted by atomic mass is 9.69. The fourth-order valence-electron chi connectivity index (χ4n) is 11.4. The Morgan fingerprint density at radius 2 is 0.636 bits per heavy atom. The summed E-state index contributed by atoms with van der Waals surface area (Å²) in [5.41, 5.74) is 23.1. The summed E-state index contributed by atoms with van der Waals surface area (Å²) in [6.07, 6.45) is 0. The molecule has 2 aromatic heterocycles. The molecule has 1 aliphatic rings. The number of furan rings is 2. The highest BCUT2D eigenvalue weighted by molar-refractivity contribution is 6.20. The van der Waals surface area contributed by atoms with Crippen LogP contribution in [-0.4, -0.2) is 0 Å². The van der Waals surface area contributed by atoms with Gasteiger partial charge in [0.1, 0.15) is 11.2 Å². The molecule has 0 radical (unpaired) electrons. The number of hydrogen-bond donors (Lipinski definition) is 0. The summed E-state index contributed by atoms with van der Waals surface area (Å²) in [5, 5.41) is 9.59. The largest absolute Gasteiger partial charge is 0.454 e. The number of aryl methyl sites for hydroxylation is 6. The van der Waals surface area contributed by atoms with Gasteiger partial charge in [-0.3, -0.25) is 0 Å². The molecule has 0 fully saturated rings. The number of rotatable bonds is 6. The van der Waals surface area contributed by atoms with Crippen LogP contribution in [0, 0.1) is 41.5 Å². The van der Waals surface area contributed by atoms with Crippen LogP contribution in [0.15, 0.2) is 179 Å². The number of fused-ring (bicyclic) bond motifs is 12. The molecule has 0 bridgehead atoms. The highest BCUT2D eigenvalue weighted by Crippen LogP contribution is 2.59. The average Bonchev–Trinajstić information content (AvgIpc) is 3.91. The fraction of sp³-hybridized carbons (Fsp3) is 0.0968. The first kappa shape index (κ1) is 38.4. The molecule has 0 atom stereocenters. The number of anilines is 6. The van der Waals surface area contributed by atoms with Crippen LogP contribution in [0.3, 0.4) is 0 Å². The second-order valence-electron chi connectivity index (χ2n) is 18.2. The van der Waals surface area contributed by atoms with Crippen molar-refractivity contribution >= 4 is 99.5 Å². The summed E-state index contributed by atoms with van der Waals surface area (Å²) in [4.78, 5) is 4.77. The predicted molar refractivity (Wildman–Crippen MR) is 278 cm³/mol. The number of benzene rings is 10. The second-order valence-corrected chi connectivity index (χ2v) is 18.2. The van der Waals surface area contributed by atoms with Crippen molar-refractivity contribution in [3.8, 4) is 22.3 Å². The molecular formula is C62H46N2O2. The molecule has 4 nitrogen and oxygen atoms in total. The Kier molecular flexibility index (Phi) is 8.26. The van der Waals surface area contributed by atoms with Crippen molar-refractivity contribution in [2.24, 2.45) is 0 Å². The summed E-state index contributed by atoms with van der Waals surface area (Å²) in [5.74, 6) is 0. The molecule has 10 aromatic carbocycles. The summed E-state index contributed by atoms with van der Waals surface area (Å²) in [6, 6.07) is 61.1. The van der Waals surface area contributed by atoms with Gasteiger partial charge in [0.2, 0.25) is 0 Å². The van der Waals surface area contributed by atoms with Gasteiger partial charge < -0.3 is 18.6 Å². The molecule has 0 saturated carbocycles. The maximum absolute atomic E-state index is 6.72. The highest BCUT2D eigenvalue weighted by Gasteiger charge is 2.34. The molecule has 0 amide bonds. The van der Waals surface area contributed by atoms with Crippen LogP contribution in [-0.2, 0) is 0 Å². The Hall–Kier alpha value is -8.08. The van der Waals surface area contributed by atoms with Gasteiger partial charge in [0, 0.05) is 44.3 Å². The lowest BCUT2D eigenvalue weighted by Crippen LogP contribution is -2.13. The molecule has 2 heterocycles. The third kappa shape index (κ3) is 5.33. The van der Waals surface area contributed by atoms with E-state index in [2.05, 4.69) is 209 Å². The molecular weight excluding hydrogens is 805 g/mol. The summed E-state index contributed by atoms with van der Waals surface area (Å²) < 4.78 is 13.4. The minimum atomic E-state index is 0.895. The lowest BCUT2D eigenvalue weighted by molar-refractivity contribution is 0.668. The van der Waals surface area contributed by atoms with E-state index >= 15 is 0 Å². The smallest absolute Gasteiger partial charge is 0.159 e. The van der Waals surface area contributed by atoms with Crippen LogP contribution in [0.2, 0.25) is 0 Å². The zero-order chi connectivity index (χ0) is 44.5. The molecule has 66 heavy (non-hydrogen) atoms. The van der Waals surface area contributed by atoms with E-state index in [9.17, 15) is 0 Å². The van der Waals surface area contributed by atoms with E-state index in [0.29, 0.717) is 0 Å². The first-order chi connectivity index (χ1) is 32.3. The zero-order valence-electron chi connectivity index (χ0n) is 37.9. The van der Waals surface area contributed by atoms with Crippen molar-refractivity contribution in [3.05, 3.63) is 203 Å². The molecule has 4 heteroatoms. The van der Waals surface area contributed by atoms with E-state index in [1.54, 1.807) is 0 Å². The topological polar surface area (TPSA) is 32.8 Å². The predicted octanol–water partition coefficient (Wildman–Crippen LogP) is 18.2. The minimum Gasteiger partial charge on any atom is -0.454 e. The Balaban J connectivity index is 0.999. The second kappa shape index (κ2) is 14.2. The quantitative estimate of drug-likeness (QED) is 0.167. The van der Waals surface area contributed by atoms with E-state index < -0.39 is 0 Å². The third-order valence-corrected chi connectivity index (χ3v) is 14.6. The molecule has 0 aliphatic heterocycles. The molecule has 0 saturated heterocycles. The summed E-state index contributed by atoms with van der Waals surface area (Å²) in [6.45, 7) is 13.7. The Bertz CT molecular complexity index is 3740. The van der Waals surface area contributed by atoms with Gasteiger partial charge in [0.25, 0.3) is 0 Å². The van der Waals surface area contributed by atoms with Gasteiger partial charge in [-0.15, -0.1) is 0 Å². The standard InChI is InChI=1S/C62H46N2O2/c1-35-25-29-49-47-21-13-15-23-53(47)65-61(49)59(35)63(41-17-9-7-10-18-41)43-27-31-45-37(3)55-56-38(4)46-32-28-44(34-52(46)40(6)58(56)57(55)39(5)51(45)33-43)64(42-19-11-8-12-20-42)60-36(2)26-30-50-48-22-14-16-24-54(48)66-62(50)60/h7-34H,1-6H3. The summed E-state index contributed by atoms with van der Waals surface area (Å²) in [7, 11) is 0. The van der Waals surface area contributed by atoms with E-state index in [1.807, 2.05) is 12.1 Å². The van der Waals surface area contributed by atoms with Crippen molar-refractivity contribution in [3.63, 3.8) is 0 Å². The molecule has 0 spiro atoms. The molecule has 13 rings (SSSR count). The third-order valence-electron chi connectivity index (χ3n) is 14.6. The zero-order valence-corrected chi connectivity index (χ0v) is 37.9. The van der Waals surface area contributed by atoms with Gasteiger partial charge >= 0.3 is 0 Å². The van der Waals surface area contributed by atoms with Crippen molar-refractivity contribution < 1.29 is 8.83 Å². The number of hydrogen-bond acceptors (Lipinski definition) is 4. The van der Waals surface area contributed by atoms with Crippen molar-refractivity contribution in [2.45, 2.75) is 41.5 Å². The molecule has 0 unspecified atom stereocenters. The van der Waals surface area contributed by atoms with E-state index in [-0.39, 0.29) is 0 Å². The van der Waals surface area contributed by atoms with Gasteiger partial charge in [-0.05, 0) is 179 Å². The molecule has 12 aromatic rings. The van der Waals surface area contributed by atoms with Gasteiger partial charge in [-0.2, -0.15) is 0 Å². The van der Waals surface area contributed by atoms with Gasteiger partial charge in [-0.25, -0.2) is 0 Å². The SMILES string of the molecule is Cc1ccc2c(oc3ccccc32)c1N(c1ccccc1)c1ccc2c(C)c3c(c(C)c2c1)-c1c-3c(C)c2ccc(N(c3ccccc3)c3c(C)ccc4c3oc3ccccc34)cc2c1C. The van der Waals surface area contributed by atoms with Crippen LogP contribution < -0.4 is 9.80 Å². The Labute approximate surface area is 383 Å². The molecule has 0 N–H and O–H groups in total. The Morgan fingerprint density at radius 1 is 0.288 bits per heavy atom. The monoisotopic (exact) mass is 850 g/mol. The number of para-hydroxylation sites is 4. The Morgan fingerprint density at radius 3 is 1.05 bits per heavy atom. The average molecular weight is 851 g/mol. The van der Waals surface area contributed by atoms with Crippen LogP contribution >= 0.6 is 0 Å². The van der Waals surface area contributed by atoms with Crippen LogP contribution in [0.25, 0.3) is 87.7 Å². The maximum Gasteiger partial charge on any atom is 0.159 e. The molecule has 316 valence electrons. The van der Waals surface area contributed by atoms with E-state index in [1.165, 1.54) is 66.1 Å². The fourth-order valence-corrected chi connectivity index (χ4v) is 11.4. The van der Waals surface area contributed by atoms with Crippen LogP contribution in [0.1, 0.15) is 33.4 Å². The van der Waals surface area contributed by atoms with E-state index in [4.69, 9.17) is 8.83 Å². The van der Waals surface area contributed by atoms with Crippen molar-refractivity contribution in [1.82, 2.24) is 0 Å². The lowest BCUT2D eigenvalue weighted by Gasteiger charge is -2.35. The van der Waals surface area contributed by atoms with Gasteiger partial charge in [0.05, 0.1) is 11.4 Å². The van der Waals surface area contributed by atoms with Crippen molar-refractivity contribution in [1.29, 1.82) is 0 Å². The number of nitrogens with zero attached hydrogens (tertiary/aromatic N) is 2. The summed E-state index contributed by atoms with van der Waals surface area (Å²) >= 11 is 0. The first-order valence-electron chi connectivity index (χ1n) is 22.9. The van der Waals surface area contributed by atoms with Gasteiger partial charge in [-0.1, -0.05) is 109 Å². The highest BCUT2D eigenvalue weighted by atomic mass is 16.3. The van der Waals surface area contributed by atoms with Crippen LogP contribution in [0.5, 0.6) is 0 Å². The first-order valence-corrected chi connectivity index (χ1v) is 22.9. The van der Waals surface area contributed by atoms with Gasteiger partial charge in [0.15, 0.2) is 11.2 Å². The van der Waals surface area contributed by atoms with Crippen molar-refractivity contribution in [2.75, 3.05) is 9.80 Å². The molecule has 1 aliphatic carbocycles. The van der Waals surface area contributed by atoms with E-state index in [0.717, 1.165) is 89.1 Å². The normalized spacial score (nSPS) is 12.1. The van der Waals surface area contributed by atoms with Crippen LogP contribution in [0.4, 0.5) is 34.1 Å². The maximum atomic E-state index is 6.72. The minimum absolute atomic E-state index is 0.895.